The van der Waals surface area contributed by atoms with E-state index in [9.17, 15) is 0 Å². The van der Waals surface area contributed by atoms with Crippen molar-refractivity contribution in [3.8, 4) is 0 Å². The predicted molar refractivity (Wildman–Crippen MR) is 68.8 cm³/mol. The lowest BCUT2D eigenvalue weighted by atomic mass is 9.85. The summed E-state index contributed by atoms with van der Waals surface area (Å²) in [6.45, 7) is 13.0. The molecular formula is C15H24. The molecule has 0 spiro atoms. The van der Waals surface area contributed by atoms with E-state index in [-0.39, 0.29) is 0 Å². The Morgan fingerprint density at radius 1 is 1.53 bits per heavy atom. The van der Waals surface area contributed by atoms with Crippen LogP contribution in [0.5, 0.6) is 0 Å². The summed E-state index contributed by atoms with van der Waals surface area (Å²) in [5.41, 5.74) is 4.32. The minimum absolute atomic E-state index is 0.580. The summed E-state index contributed by atoms with van der Waals surface area (Å²) >= 11 is 0. The Kier molecular flexibility index (Phi) is 4.38. The Balaban J connectivity index is 2.65. The Labute approximate surface area is 94.8 Å². The third-order valence-electron chi connectivity index (χ3n) is 3.21. The van der Waals surface area contributed by atoms with E-state index >= 15 is 0 Å². The quantitative estimate of drug-likeness (QED) is 0.572. The van der Waals surface area contributed by atoms with Gasteiger partial charge in [-0.1, -0.05) is 43.7 Å². The van der Waals surface area contributed by atoms with Gasteiger partial charge in [0, 0.05) is 5.92 Å². The van der Waals surface area contributed by atoms with Crippen LogP contribution in [0.2, 0.25) is 0 Å². The van der Waals surface area contributed by atoms with E-state index in [1.165, 1.54) is 24.0 Å². The molecule has 0 aliphatic heterocycles. The average Bonchev–Trinajstić information content (AvgIpc) is 2.16. The zero-order valence-electron chi connectivity index (χ0n) is 10.6. The van der Waals surface area contributed by atoms with Crippen LogP contribution < -0.4 is 0 Å². The van der Waals surface area contributed by atoms with Crippen molar-refractivity contribution in [1.29, 1.82) is 0 Å². The summed E-state index contributed by atoms with van der Waals surface area (Å²) < 4.78 is 0. The number of hydrogen-bond acceptors (Lipinski definition) is 0. The van der Waals surface area contributed by atoms with E-state index in [0.29, 0.717) is 5.92 Å². The molecule has 1 aliphatic rings. The van der Waals surface area contributed by atoms with E-state index < -0.39 is 0 Å². The highest BCUT2D eigenvalue weighted by atomic mass is 14.2. The van der Waals surface area contributed by atoms with E-state index in [4.69, 9.17) is 0 Å². The van der Waals surface area contributed by atoms with Crippen LogP contribution in [-0.4, -0.2) is 0 Å². The molecule has 1 rings (SSSR count). The van der Waals surface area contributed by atoms with Gasteiger partial charge in [0.05, 0.1) is 0 Å². The van der Waals surface area contributed by atoms with Crippen molar-refractivity contribution >= 4 is 0 Å². The molecule has 0 heteroatoms. The Hall–Kier alpha value is -0.780. The zero-order valence-corrected chi connectivity index (χ0v) is 10.6. The van der Waals surface area contributed by atoms with E-state index in [1.54, 1.807) is 5.57 Å². The second-order valence-electron chi connectivity index (χ2n) is 5.20. The van der Waals surface area contributed by atoms with Crippen molar-refractivity contribution < 1.29 is 0 Å². The van der Waals surface area contributed by atoms with Crippen molar-refractivity contribution in [1.82, 2.24) is 0 Å². The normalized spacial score (nSPS) is 21.3. The maximum absolute atomic E-state index is 4.06. The van der Waals surface area contributed by atoms with Crippen molar-refractivity contribution in [3.63, 3.8) is 0 Å². The molecule has 1 aliphatic carbocycles. The molecule has 0 fully saturated rings. The van der Waals surface area contributed by atoms with Crippen LogP contribution in [0.3, 0.4) is 0 Å². The van der Waals surface area contributed by atoms with E-state index in [0.717, 1.165) is 12.3 Å². The highest BCUT2D eigenvalue weighted by molar-refractivity contribution is 5.35. The smallest absolute Gasteiger partial charge is 0.00119 e. The third kappa shape index (κ3) is 3.70. The van der Waals surface area contributed by atoms with Crippen molar-refractivity contribution in [2.24, 2.45) is 11.8 Å². The second kappa shape index (κ2) is 5.34. The van der Waals surface area contributed by atoms with Gasteiger partial charge in [-0.05, 0) is 44.6 Å². The molecule has 0 bridgehead atoms. The molecule has 0 heterocycles. The monoisotopic (exact) mass is 204 g/mol. The fourth-order valence-corrected chi connectivity index (χ4v) is 1.95. The van der Waals surface area contributed by atoms with Crippen molar-refractivity contribution in [3.05, 3.63) is 35.5 Å². The van der Waals surface area contributed by atoms with Gasteiger partial charge < -0.3 is 0 Å². The molecule has 15 heavy (non-hydrogen) atoms. The maximum Gasteiger partial charge on any atom is 0.00119 e. The summed E-state index contributed by atoms with van der Waals surface area (Å²) in [5, 5.41) is 0. The van der Waals surface area contributed by atoms with Gasteiger partial charge in [0.25, 0.3) is 0 Å². The van der Waals surface area contributed by atoms with Gasteiger partial charge in [0.2, 0.25) is 0 Å². The van der Waals surface area contributed by atoms with Gasteiger partial charge >= 0.3 is 0 Å². The molecule has 0 saturated heterocycles. The Bertz CT molecular complexity index is 289. The Morgan fingerprint density at radius 3 is 2.73 bits per heavy atom. The first-order chi connectivity index (χ1) is 7.00. The summed E-state index contributed by atoms with van der Waals surface area (Å²) in [7, 11) is 0. The summed E-state index contributed by atoms with van der Waals surface area (Å²) in [6, 6.07) is 0. The lowest BCUT2D eigenvalue weighted by Crippen LogP contribution is -2.05. The van der Waals surface area contributed by atoms with Gasteiger partial charge in [-0.3, -0.25) is 0 Å². The highest BCUT2D eigenvalue weighted by Crippen LogP contribution is 2.30. The molecule has 0 saturated carbocycles. The van der Waals surface area contributed by atoms with Gasteiger partial charge in [0.1, 0.15) is 0 Å². The van der Waals surface area contributed by atoms with Crippen LogP contribution in [0.15, 0.2) is 35.5 Å². The van der Waals surface area contributed by atoms with Gasteiger partial charge in [-0.15, -0.1) is 0 Å². The fourth-order valence-electron chi connectivity index (χ4n) is 1.95. The minimum Gasteiger partial charge on any atom is -0.0995 e. The van der Waals surface area contributed by atoms with Crippen molar-refractivity contribution in [2.75, 3.05) is 0 Å². The van der Waals surface area contributed by atoms with Crippen molar-refractivity contribution in [2.45, 2.75) is 47.0 Å². The molecule has 0 aromatic rings. The van der Waals surface area contributed by atoms with Crippen LogP contribution in [0, 0.1) is 11.8 Å². The predicted octanol–water partition coefficient (Wildman–Crippen LogP) is 4.89. The van der Waals surface area contributed by atoms with Crippen LogP contribution in [0.4, 0.5) is 0 Å². The number of allylic oxidation sites excluding steroid dienone is 5. The van der Waals surface area contributed by atoms with Crippen LogP contribution in [-0.2, 0) is 0 Å². The van der Waals surface area contributed by atoms with Crippen LogP contribution >= 0.6 is 0 Å². The van der Waals surface area contributed by atoms with E-state index in [1.807, 2.05) is 0 Å². The molecule has 1 unspecified atom stereocenters. The molecule has 0 N–H and O–H groups in total. The molecule has 0 radical (unpaired) electrons. The fraction of sp³-hybridized carbons (Fsp3) is 0.600. The first kappa shape index (κ1) is 12.3. The second-order valence-corrected chi connectivity index (χ2v) is 5.20. The van der Waals surface area contributed by atoms with Crippen LogP contribution in [0.25, 0.3) is 0 Å². The number of rotatable bonds is 4. The topological polar surface area (TPSA) is 0 Å². The lowest BCUT2D eigenvalue weighted by Gasteiger charge is -2.21. The summed E-state index contributed by atoms with van der Waals surface area (Å²) in [6.07, 6.45) is 8.46. The average molecular weight is 204 g/mol. The molecule has 0 aromatic heterocycles. The molecule has 1 atom stereocenters. The van der Waals surface area contributed by atoms with Crippen LogP contribution in [0.1, 0.15) is 47.0 Å². The highest BCUT2D eigenvalue weighted by Gasteiger charge is 2.13. The molecule has 84 valence electrons. The van der Waals surface area contributed by atoms with Gasteiger partial charge in [-0.25, -0.2) is 0 Å². The molecule has 0 nitrogen and oxygen atoms in total. The first-order valence-corrected chi connectivity index (χ1v) is 6.04. The summed E-state index contributed by atoms with van der Waals surface area (Å²) in [4.78, 5) is 0. The lowest BCUT2D eigenvalue weighted by molar-refractivity contribution is 0.581. The SMILES string of the molecule is C=C(C)C1C=C(CCC(C)C)C(C)=CC1. The minimum atomic E-state index is 0.580. The van der Waals surface area contributed by atoms with E-state index in [2.05, 4.69) is 46.4 Å². The Morgan fingerprint density at radius 2 is 2.20 bits per heavy atom. The number of hydrogen-bond donors (Lipinski definition) is 0. The summed E-state index contributed by atoms with van der Waals surface area (Å²) in [5.74, 6) is 1.37. The largest absolute Gasteiger partial charge is 0.0995 e. The van der Waals surface area contributed by atoms with Gasteiger partial charge in [0.15, 0.2) is 0 Å². The zero-order chi connectivity index (χ0) is 11.4. The first-order valence-electron chi connectivity index (χ1n) is 6.04. The standard InChI is InChI=1S/C15H24/c1-11(2)6-8-15-10-14(12(3)4)9-7-13(15)5/h7,10-11,14H,3,6,8-9H2,1-2,4-5H3. The maximum atomic E-state index is 4.06. The molecular weight excluding hydrogens is 180 g/mol. The molecule has 0 amide bonds. The molecule has 0 aromatic carbocycles. The third-order valence-corrected chi connectivity index (χ3v) is 3.21. The van der Waals surface area contributed by atoms with Gasteiger partial charge in [-0.2, -0.15) is 0 Å².